The Balaban J connectivity index is 2.36. The summed E-state index contributed by atoms with van der Waals surface area (Å²) in [7, 11) is 1.57. The molecule has 4 nitrogen and oxygen atoms in total. The van der Waals surface area contributed by atoms with Gasteiger partial charge in [0.15, 0.2) is 6.29 Å². The monoisotopic (exact) mass is 147 g/mol. The van der Waals surface area contributed by atoms with Crippen molar-refractivity contribution < 1.29 is 14.6 Å². The third-order valence-corrected chi connectivity index (χ3v) is 1.71. The standard InChI is InChI=1S/C6H13NO3/c1-9-6-2-4(7)5(3-8)10-6/h4-6,8H,2-3,7H2,1H3/t4-,5+,6+/m0/s1. The zero-order valence-corrected chi connectivity index (χ0v) is 5.99. The van der Waals surface area contributed by atoms with Crippen molar-refractivity contribution in [1.29, 1.82) is 0 Å². The minimum Gasteiger partial charge on any atom is -0.394 e. The molecule has 0 aromatic rings. The van der Waals surface area contributed by atoms with E-state index in [0.717, 1.165) is 0 Å². The Morgan fingerprint density at radius 3 is 2.80 bits per heavy atom. The molecule has 1 aliphatic rings. The lowest BCUT2D eigenvalue weighted by molar-refractivity contribution is -0.123. The number of ether oxygens (including phenoxy) is 2. The summed E-state index contributed by atoms with van der Waals surface area (Å²) in [5.74, 6) is 0. The van der Waals surface area contributed by atoms with Gasteiger partial charge in [0.25, 0.3) is 0 Å². The molecule has 3 atom stereocenters. The van der Waals surface area contributed by atoms with E-state index in [2.05, 4.69) is 0 Å². The molecular weight excluding hydrogens is 134 g/mol. The zero-order valence-electron chi connectivity index (χ0n) is 5.99. The van der Waals surface area contributed by atoms with Crippen LogP contribution in [0.5, 0.6) is 0 Å². The van der Waals surface area contributed by atoms with Crippen LogP contribution >= 0.6 is 0 Å². The van der Waals surface area contributed by atoms with Gasteiger partial charge in [-0.1, -0.05) is 0 Å². The van der Waals surface area contributed by atoms with Crippen molar-refractivity contribution in [2.75, 3.05) is 13.7 Å². The maximum absolute atomic E-state index is 8.69. The molecule has 3 N–H and O–H groups in total. The average molecular weight is 147 g/mol. The van der Waals surface area contributed by atoms with Crippen LogP contribution in [0.15, 0.2) is 0 Å². The van der Waals surface area contributed by atoms with Gasteiger partial charge in [-0.15, -0.1) is 0 Å². The van der Waals surface area contributed by atoms with Gasteiger partial charge in [-0.2, -0.15) is 0 Å². The Morgan fingerprint density at radius 2 is 2.50 bits per heavy atom. The summed E-state index contributed by atoms with van der Waals surface area (Å²) >= 11 is 0. The zero-order chi connectivity index (χ0) is 7.56. The number of aliphatic hydroxyl groups excluding tert-OH is 1. The van der Waals surface area contributed by atoms with Crippen LogP contribution in [-0.4, -0.2) is 37.3 Å². The topological polar surface area (TPSA) is 64.7 Å². The molecule has 0 unspecified atom stereocenters. The van der Waals surface area contributed by atoms with E-state index in [-0.39, 0.29) is 25.0 Å². The van der Waals surface area contributed by atoms with Crippen molar-refractivity contribution in [2.45, 2.75) is 24.9 Å². The molecule has 1 rings (SSSR count). The second kappa shape index (κ2) is 3.30. The van der Waals surface area contributed by atoms with E-state index >= 15 is 0 Å². The van der Waals surface area contributed by atoms with Crippen molar-refractivity contribution in [3.05, 3.63) is 0 Å². The maximum Gasteiger partial charge on any atom is 0.159 e. The first-order valence-electron chi connectivity index (χ1n) is 3.32. The van der Waals surface area contributed by atoms with Gasteiger partial charge in [-0.25, -0.2) is 0 Å². The van der Waals surface area contributed by atoms with Crippen LogP contribution in [0.2, 0.25) is 0 Å². The summed E-state index contributed by atoms with van der Waals surface area (Å²) in [6.45, 7) is -0.0268. The fourth-order valence-corrected chi connectivity index (χ4v) is 1.06. The van der Waals surface area contributed by atoms with Gasteiger partial charge in [0.05, 0.1) is 12.7 Å². The van der Waals surface area contributed by atoms with Crippen molar-refractivity contribution in [3.63, 3.8) is 0 Å². The Kier molecular flexibility index (Phi) is 2.62. The van der Waals surface area contributed by atoms with Crippen LogP contribution in [0.4, 0.5) is 0 Å². The van der Waals surface area contributed by atoms with Crippen molar-refractivity contribution >= 4 is 0 Å². The quantitative estimate of drug-likeness (QED) is 0.529. The van der Waals surface area contributed by atoms with Gasteiger partial charge >= 0.3 is 0 Å². The van der Waals surface area contributed by atoms with Crippen molar-refractivity contribution in [1.82, 2.24) is 0 Å². The molecule has 1 heterocycles. The van der Waals surface area contributed by atoms with Gasteiger partial charge in [-0.05, 0) is 0 Å². The van der Waals surface area contributed by atoms with E-state index in [4.69, 9.17) is 20.3 Å². The molecule has 0 aliphatic carbocycles. The largest absolute Gasteiger partial charge is 0.394 e. The molecule has 60 valence electrons. The predicted octanol–water partition coefficient (Wildman–Crippen LogP) is -0.933. The number of methoxy groups -OCH3 is 1. The lowest BCUT2D eigenvalue weighted by Gasteiger charge is -2.10. The molecule has 1 aliphatic heterocycles. The van der Waals surface area contributed by atoms with Crippen LogP contribution in [0, 0.1) is 0 Å². The van der Waals surface area contributed by atoms with Crippen molar-refractivity contribution in [3.8, 4) is 0 Å². The Morgan fingerprint density at radius 1 is 1.80 bits per heavy atom. The minimum absolute atomic E-state index is 0.0268. The first kappa shape index (κ1) is 7.94. The van der Waals surface area contributed by atoms with E-state index < -0.39 is 0 Å². The highest BCUT2D eigenvalue weighted by Gasteiger charge is 2.31. The molecule has 1 saturated heterocycles. The number of nitrogens with two attached hydrogens (primary N) is 1. The number of hydrogen-bond acceptors (Lipinski definition) is 4. The summed E-state index contributed by atoms with van der Waals surface area (Å²) in [6, 6.07) is -0.0880. The van der Waals surface area contributed by atoms with Gasteiger partial charge in [0.1, 0.15) is 0 Å². The summed E-state index contributed by atoms with van der Waals surface area (Å²) in [5, 5.41) is 8.69. The highest BCUT2D eigenvalue weighted by atomic mass is 16.7. The second-order valence-electron chi connectivity index (χ2n) is 2.42. The van der Waals surface area contributed by atoms with E-state index in [1.807, 2.05) is 0 Å². The molecule has 0 aromatic heterocycles. The predicted molar refractivity (Wildman–Crippen MR) is 35.3 cm³/mol. The number of rotatable bonds is 2. The highest BCUT2D eigenvalue weighted by molar-refractivity contribution is 4.80. The molecule has 0 radical (unpaired) electrons. The maximum atomic E-state index is 8.69. The number of hydrogen-bond donors (Lipinski definition) is 2. The van der Waals surface area contributed by atoms with Crippen molar-refractivity contribution in [2.24, 2.45) is 5.73 Å². The Labute approximate surface area is 59.9 Å². The van der Waals surface area contributed by atoms with E-state index in [9.17, 15) is 0 Å². The van der Waals surface area contributed by atoms with Crippen LogP contribution in [-0.2, 0) is 9.47 Å². The molecule has 4 heteroatoms. The first-order valence-corrected chi connectivity index (χ1v) is 3.32. The fraction of sp³-hybridized carbons (Fsp3) is 1.00. The third kappa shape index (κ3) is 1.46. The molecule has 1 fully saturated rings. The van der Waals surface area contributed by atoms with Gasteiger partial charge in [0.2, 0.25) is 0 Å². The van der Waals surface area contributed by atoms with Crippen LogP contribution in [0.1, 0.15) is 6.42 Å². The Bertz CT molecular complexity index is 109. The molecule has 0 amide bonds. The highest BCUT2D eigenvalue weighted by Crippen LogP contribution is 2.18. The van der Waals surface area contributed by atoms with E-state index in [1.54, 1.807) is 7.11 Å². The third-order valence-electron chi connectivity index (χ3n) is 1.71. The second-order valence-corrected chi connectivity index (χ2v) is 2.42. The SMILES string of the molecule is CO[C@H]1C[C@H](N)[C@@H](CO)O1. The molecule has 10 heavy (non-hydrogen) atoms. The Hall–Kier alpha value is -0.160. The molecule has 0 aromatic carbocycles. The van der Waals surface area contributed by atoms with Crippen LogP contribution in [0.3, 0.4) is 0 Å². The van der Waals surface area contributed by atoms with Crippen LogP contribution < -0.4 is 5.73 Å². The van der Waals surface area contributed by atoms with E-state index in [1.165, 1.54) is 0 Å². The molecular formula is C6H13NO3. The summed E-state index contributed by atoms with van der Waals surface area (Å²) in [6.07, 6.45) is 0.193. The van der Waals surface area contributed by atoms with Gasteiger partial charge < -0.3 is 20.3 Å². The number of aliphatic hydroxyl groups is 1. The van der Waals surface area contributed by atoms with Crippen LogP contribution in [0.25, 0.3) is 0 Å². The summed E-state index contributed by atoms with van der Waals surface area (Å²) < 4.78 is 10.1. The lowest BCUT2D eigenvalue weighted by atomic mass is 10.2. The minimum atomic E-state index is -0.245. The average Bonchev–Trinajstić information content (AvgIpc) is 2.30. The summed E-state index contributed by atoms with van der Waals surface area (Å²) in [5.41, 5.74) is 5.59. The normalized spacial score (nSPS) is 40.5. The summed E-state index contributed by atoms with van der Waals surface area (Å²) in [4.78, 5) is 0. The van der Waals surface area contributed by atoms with Gasteiger partial charge in [0, 0.05) is 19.6 Å². The molecule has 0 spiro atoms. The fourth-order valence-electron chi connectivity index (χ4n) is 1.06. The first-order chi connectivity index (χ1) is 4.77. The van der Waals surface area contributed by atoms with Gasteiger partial charge in [-0.3, -0.25) is 0 Å². The molecule has 0 bridgehead atoms. The lowest BCUT2D eigenvalue weighted by Crippen LogP contribution is -2.32. The smallest absolute Gasteiger partial charge is 0.159 e. The molecule has 0 saturated carbocycles. The van der Waals surface area contributed by atoms with E-state index in [0.29, 0.717) is 6.42 Å².